The molecule has 7 nitrogen and oxygen atoms in total. The van der Waals surface area contributed by atoms with Crippen molar-refractivity contribution in [3.8, 4) is 5.69 Å². The standard InChI is InChI=1S/C26H28FN5O2S/c1-18(23-15-19-7-3-4-8-22(19)34-23)28-25(33)17-35-26-30-29-24(16-31-13-5-2-6-14-31)32(26)21-11-9-20(27)10-12-21/h3-4,7-12,15,18H,2,5-6,13-14,16-17H2,1H3,(H,28,33). The van der Waals surface area contributed by atoms with E-state index in [9.17, 15) is 9.18 Å². The first-order chi connectivity index (χ1) is 17.1. The molecule has 0 radical (unpaired) electrons. The van der Waals surface area contributed by atoms with Crippen molar-refractivity contribution in [3.63, 3.8) is 0 Å². The molecule has 4 aromatic rings. The van der Waals surface area contributed by atoms with Gasteiger partial charge in [0.2, 0.25) is 5.91 Å². The maximum absolute atomic E-state index is 13.6. The van der Waals surface area contributed by atoms with E-state index in [0.29, 0.717) is 17.5 Å². The summed E-state index contributed by atoms with van der Waals surface area (Å²) < 4.78 is 21.4. The number of carbonyl (C=O) groups is 1. The monoisotopic (exact) mass is 493 g/mol. The molecule has 9 heteroatoms. The molecule has 35 heavy (non-hydrogen) atoms. The fraction of sp³-hybridized carbons (Fsp3) is 0.346. The van der Waals surface area contributed by atoms with Crippen LogP contribution in [0.5, 0.6) is 0 Å². The molecule has 1 amide bonds. The van der Waals surface area contributed by atoms with Crippen LogP contribution in [0.25, 0.3) is 16.7 Å². The molecule has 2 aromatic heterocycles. The minimum atomic E-state index is -0.299. The van der Waals surface area contributed by atoms with Gasteiger partial charge in [-0.1, -0.05) is 36.4 Å². The van der Waals surface area contributed by atoms with E-state index in [1.807, 2.05) is 41.8 Å². The molecule has 0 saturated carbocycles. The van der Waals surface area contributed by atoms with E-state index in [0.717, 1.165) is 35.6 Å². The Balaban J connectivity index is 1.28. The number of nitrogens with one attached hydrogen (secondary N) is 1. The Bertz CT molecular complexity index is 1260. The molecule has 1 saturated heterocycles. The van der Waals surface area contributed by atoms with Gasteiger partial charge in [0, 0.05) is 11.1 Å². The molecule has 0 bridgehead atoms. The highest BCUT2D eigenvalue weighted by atomic mass is 32.2. The number of piperidine rings is 1. The molecular formula is C26H28FN5O2S. The number of likely N-dealkylation sites (tertiary alicyclic amines) is 1. The number of thioether (sulfide) groups is 1. The summed E-state index contributed by atoms with van der Waals surface area (Å²) in [4.78, 5) is 15.1. The Morgan fingerprint density at radius 3 is 2.66 bits per heavy atom. The third-order valence-corrected chi connectivity index (χ3v) is 7.11. The second kappa shape index (κ2) is 10.6. The predicted octanol–water partition coefficient (Wildman–Crippen LogP) is 5.11. The second-order valence-corrected chi connectivity index (χ2v) is 9.75. The van der Waals surface area contributed by atoms with Crippen LogP contribution in [0, 0.1) is 5.82 Å². The van der Waals surface area contributed by atoms with Crippen LogP contribution in [-0.2, 0) is 11.3 Å². The Morgan fingerprint density at radius 1 is 1.11 bits per heavy atom. The van der Waals surface area contributed by atoms with Crippen molar-refractivity contribution in [2.45, 2.75) is 43.9 Å². The molecule has 1 aliphatic rings. The van der Waals surface area contributed by atoms with Crippen molar-refractivity contribution in [1.82, 2.24) is 25.0 Å². The summed E-state index contributed by atoms with van der Waals surface area (Å²) in [6.07, 6.45) is 3.61. The Labute approximate surface area is 207 Å². The van der Waals surface area contributed by atoms with Gasteiger partial charge in [0.25, 0.3) is 0 Å². The summed E-state index contributed by atoms with van der Waals surface area (Å²) in [6, 6.07) is 15.7. The van der Waals surface area contributed by atoms with E-state index >= 15 is 0 Å². The minimum absolute atomic E-state index is 0.130. The Morgan fingerprint density at radius 2 is 1.89 bits per heavy atom. The number of fused-ring (bicyclic) bond motifs is 1. The van der Waals surface area contributed by atoms with Gasteiger partial charge in [-0.15, -0.1) is 10.2 Å². The zero-order chi connectivity index (χ0) is 24.2. The van der Waals surface area contributed by atoms with Crippen LogP contribution in [0.4, 0.5) is 4.39 Å². The third kappa shape index (κ3) is 5.57. The lowest BCUT2D eigenvalue weighted by Crippen LogP contribution is -2.30. The van der Waals surface area contributed by atoms with Crippen molar-refractivity contribution in [2.75, 3.05) is 18.8 Å². The highest BCUT2D eigenvalue weighted by molar-refractivity contribution is 7.99. The molecule has 1 N–H and O–H groups in total. The molecule has 0 spiro atoms. The van der Waals surface area contributed by atoms with E-state index < -0.39 is 0 Å². The first kappa shape index (κ1) is 23.6. The number of hydrogen-bond acceptors (Lipinski definition) is 6. The number of aromatic nitrogens is 3. The van der Waals surface area contributed by atoms with Crippen molar-refractivity contribution >= 4 is 28.6 Å². The van der Waals surface area contributed by atoms with Crippen molar-refractivity contribution < 1.29 is 13.6 Å². The van der Waals surface area contributed by atoms with Crippen molar-refractivity contribution in [3.05, 3.63) is 72.0 Å². The van der Waals surface area contributed by atoms with Crippen molar-refractivity contribution in [1.29, 1.82) is 0 Å². The molecule has 5 rings (SSSR count). The normalized spacial score (nSPS) is 15.4. The fourth-order valence-electron chi connectivity index (χ4n) is 4.36. The SMILES string of the molecule is CC(NC(=O)CSc1nnc(CN2CCCCC2)n1-c1ccc(F)cc1)c1cc2ccccc2o1. The van der Waals surface area contributed by atoms with Crippen LogP contribution in [0.2, 0.25) is 0 Å². The fourth-order valence-corrected chi connectivity index (χ4v) is 5.15. The lowest BCUT2D eigenvalue weighted by atomic mass is 10.1. The lowest BCUT2D eigenvalue weighted by Gasteiger charge is -2.26. The van der Waals surface area contributed by atoms with E-state index in [4.69, 9.17) is 4.42 Å². The van der Waals surface area contributed by atoms with Gasteiger partial charge in [-0.05, 0) is 69.3 Å². The summed E-state index contributed by atoms with van der Waals surface area (Å²) in [5.41, 5.74) is 1.58. The minimum Gasteiger partial charge on any atom is -0.459 e. The molecule has 1 unspecified atom stereocenters. The number of halogens is 1. The molecule has 1 fully saturated rings. The number of rotatable bonds is 8. The van der Waals surface area contributed by atoms with Crippen LogP contribution < -0.4 is 5.32 Å². The van der Waals surface area contributed by atoms with Crippen LogP contribution in [0.1, 0.15) is 43.8 Å². The van der Waals surface area contributed by atoms with Gasteiger partial charge < -0.3 is 9.73 Å². The number of amides is 1. The summed E-state index contributed by atoms with van der Waals surface area (Å²) in [6.45, 7) is 4.62. The molecule has 0 aliphatic carbocycles. The molecule has 2 aromatic carbocycles. The van der Waals surface area contributed by atoms with Gasteiger partial charge in [0.05, 0.1) is 18.3 Å². The maximum Gasteiger partial charge on any atom is 0.231 e. The first-order valence-corrected chi connectivity index (χ1v) is 12.9. The van der Waals surface area contributed by atoms with Crippen LogP contribution in [0.3, 0.4) is 0 Å². The van der Waals surface area contributed by atoms with Gasteiger partial charge in [-0.3, -0.25) is 14.3 Å². The summed E-state index contributed by atoms with van der Waals surface area (Å²) in [5.74, 6) is 1.25. The van der Waals surface area contributed by atoms with E-state index in [-0.39, 0.29) is 23.5 Å². The average Bonchev–Trinajstić information content (AvgIpc) is 3.48. The third-order valence-electron chi connectivity index (χ3n) is 6.18. The second-order valence-electron chi connectivity index (χ2n) is 8.81. The van der Waals surface area contributed by atoms with Gasteiger partial charge in [0.1, 0.15) is 17.2 Å². The van der Waals surface area contributed by atoms with Crippen LogP contribution in [0.15, 0.2) is 64.2 Å². The predicted molar refractivity (Wildman–Crippen MR) is 134 cm³/mol. The summed E-state index contributed by atoms with van der Waals surface area (Å²) in [7, 11) is 0. The molecule has 182 valence electrons. The van der Waals surface area contributed by atoms with E-state index in [1.165, 1.54) is 43.2 Å². The number of benzene rings is 2. The first-order valence-electron chi connectivity index (χ1n) is 11.9. The quantitative estimate of drug-likeness (QED) is 0.344. The maximum atomic E-state index is 13.6. The largest absolute Gasteiger partial charge is 0.459 e. The molecule has 1 atom stereocenters. The lowest BCUT2D eigenvalue weighted by molar-refractivity contribution is -0.119. The zero-order valence-electron chi connectivity index (χ0n) is 19.6. The van der Waals surface area contributed by atoms with Gasteiger partial charge in [-0.25, -0.2) is 4.39 Å². The van der Waals surface area contributed by atoms with E-state index in [1.54, 1.807) is 12.1 Å². The van der Waals surface area contributed by atoms with Gasteiger partial charge in [0.15, 0.2) is 11.0 Å². The zero-order valence-corrected chi connectivity index (χ0v) is 20.4. The highest BCUT2D eigenvalue weighted by Gasteiger charge is 2.20. The highest BCUT2D eigenvalue weighted by Crippen LogP contribution is 2.26. The average molecular weight is 494 g/mol. The smallest absolute Gasteiger partial charge is 0.231 e. The number of hydrogen-bond donors (Lipinski definition) is 1. The number of furan rings is 1. The number of carbonyl (C=O) groups excluding carboxylic acids is 1. The molecular weight excluding hydrogens is 465 g/mol. The van der Waals surface area contributed by atoms with Gasteiger partial charge >= 0.3 is 0 Å². The molecule has 3 heterocycles. The topological polar surface area (TPSA) is 76.2 Å². The van der Waals surface area contributed by atoms with Crippen LogP contribution in [-0.4, -0.2) is 44.4 Å². The summed E-state index contributed by atoms with van der Waals surface area (Å²) >= 11 is 1.31. The molecule has 1 aliphatic heterocycles. The summed E-state index contributed by atoms with van der Waals surface area (Å²) in [5, 5.41) is 13.4. The van der Waals surface area contributed by atoms with Gasteiger partial charge in [-0.2, -0.15) is 0 Å². The van der Waals surface area contributed by atoms with Crippen molar-refractivity contribution in [2.24, 2.45) is 0 Å². The van der Waals surface area contributed by atoms with Crippen LogP contribution >= 0.6 is 11.8 Å². The number of para-hydroxylation sites is 1. The Kier molecular flexibility index (Phi) is 7.15. The number of nitrogens with zero attached hydrogens (tertiary/aromatic N) is 4. The van der Waals surface area contributed by atoms with E-state index in [2.05, 4.69) is 20.4 Å². The Hall–Kier alpha value is -3.17.